The summed E-state index contributed by atoms with van der Waals surface area (Å²) in [7, 11) is 3.18. The van der Waals surface area contributed by atoms with E-state index in [1.165, 1.54) is 0 Å². The Hall–Kier alpha value is -1.19. The molecule has 100 valence electrons. The van der Waals surface area contributed by atoms with Gasteiger partial charge in [-0.05, 0) is 30.7 Å². The van der Waals surface area contributed by atoms with Gasteiger partial charge >= 0.3 is 0 Å². The van der Waals surface area contributed by atoms with E-state index in [-0.39, 0.29) is 0 Å². The molecule has 1 aromatic carbocycles. The first kappa shape index (κ1) is 14.9. The summed E-state index contributed by atoms with van der Waals surface area (Å²) in [5, 5.41) is 3.85. The van der Waals surface area contributed by atoms with E-state index < -0.39 is 0 Å². The van der Waals surface area contributed by atoms with Gasteiger partial charge in [-0.3, -0.25) is 0 Å². The molecule has 0 aliphatic heterocycles. The average molecular weight is 270 g/mol. The fourth-order valence-electron chi connectivity index (χ4n) is 1.59. The van der Waals surface area contributed by atoms with Crippen molar-refractivity contribution < 1.29 is 9.47 Å². The molecular weight excluding hydrogens is 250 g/mol. The lowest BCUT2D eigenvalue weighted by atomic mass is 10.2. The Balaban J connectivity index is 2.75. The summed E-state index contributed by atoms with van der Waals surface area (Å²) in [4.78, 5) is 0. The molecule has 0 aromatic heterocycles. The van der Waals surface area contributed by atoms with Gasteiger partial charge < -0.3 is 14.8 Å². The molecule has 0 saturated carbocycles. The zero-order chi connectivity index (χ0) is 13.4. The van der Waals surface area contributed by atoms with Crippen LogP contribution in [-0.2, 0) is 0 Å². The maximum absolute atomic E-state index is 6.12. The van der Waals surface area contributed by atoms with Crippen LogP contribution in [0.25, 0.3) is 6.08 Å². The highest BCUT2D eigenvalue weighted by Gasteiger charge is 2.09. The van der Waals surface area contributed by atoms with Crippen LogP contribution < -0.4 is 14.8 Å². The SMILES string of the molecule is CCCNCC=Cc1cc(Cl)c(OC)c(OC)c1. The van der Waals surface area contributed by atoms with Gasteiger partial charge in [0.15, 0.2) is 11.5 Å². The predicted molar refractivity (Wildman–Crippen MR) is 76.8 cm³/mol. The number of hydrogen-bond donors (Lipinski definition) is 1. The highest BCUT2D eigenvalue weighted by molar-refractivity contribution is 6.32. The van der Waals surface area contributed by atoms with Crippen molar-refractivity contribution in [2.75, 3.05) is 27.3 Å². The molecule has 0 aliphatic rings. The largest absolute Gasteiger partial charge is 0.493 e. The molecule has 1 rings (SSSR count). The van der Waals surface area contributed by atoms with Crippen LogP contribution >= 0.6 is 11.6 Å². The van der Waals surface area contributed by atoms with Crippen molar-refractivity contribution in [3.63, 3.8) is 0 Å². The molecule has 1 N–H and O–H groups in total. The minimum atomic E-state index is 0.554. The van der Waals surface area contributed by atoms with Gasteiger partial charge in [-0.2, -0.15) is 0 Å². The maximum Gasteiger partial charge on any atom is 0.179 e. The van der Waals surface area contributed by atoms with Crippen molar-refractivity contribution >= 4 is 17.7 Å². The van der Waals surface area contributed by atoms with Crippen LogP contribution in [0.2, 0.25) is 5.02 Å². The predicted octanol–water partition coefficient (Wildman–Crippen LogP) is 3.37. The summed E-state index contributed by atoms with van der Waals surface area (Å²) in [6.45, 7) is 4.02. The van der Waals surface area contributed by atoms with Crippen LogP contribution in [0.4, 0.5) is 0 Å². The Labute approximate surface area is 114 Å². The average Bonchev–Trinajstić information content (AvgIpc) is 2.37. The Morgan fingerprint density at radius 3 is 2.67 bits per heavy atom. The van der Waals surface area contributed by atoms with Crippen LogP contribution in [0, 0.1) is 0 Å². The third kappa shape index (κ3) is 4.24. The van der Waals surface area contributed by atoms with Gasteiger partial charge in [0.25, 0.3) is 0 Å². The second-order valence-corrected chi connectivity index (χ2v) is 4.25. The Kier molecular flexibility index (Phi) is 6.61. The standard InChI is InChI=1S/C14H20ClNO2/c1-4-7-16-8-5-6-11-9-12(15)14(18-3)13(10-11)17-2/h5-6,9-10,16H,4,7-8H2,1-3H3. The van der Waals surface area contributed by atoms with Gasteiger partial charge in [0.2, 0.25) is 0 Å². The molecule has 0 atom stereocenters. The zero-order valence-electron chi connectivity index (χ0n) is 11.1. The first-order chi connectivity index (χ1) is 8.72. The molecule has 18 heavy (non-hydrogen) atoms. The van der Waals surface area contributed by atoms with E-state index in [2.05, 4.69) is 18.3 Å². The van der Waals surface area contributed by atoms with E-state index in [1.54, 1.807) is 14.2 Å². The van der Waals surface area contributed by atoms with E-state index in [0.29, 0.717) is 16.5 Å². The minimum Gasteiger partial charge on any atom is -0.493 e. The number of benzene rings is 1. The lowest BCUT2D eigenvalue weighted by molar-refractivity contribution is 0.355. The van der Waals surface area contributed by atoms with Gasteiger partial charge in [-0.15, -0.1) is 0 Å². The molecule has 0 bridgehead atoms. The fraction of sp³-hybridized carbons (Fsp3) is 0.429. The van der Waals surface area contributed by atoms with E-state index in [4.69, 9.17) is 21.1 Å². The van der Waals surface area contributed by atoms with Gasteiger partial charge in [0.1, 0.15) is 0 Å². The summed E-state index contributed by atoms with van der Waals surface area (Å²) >= 11 is 6.12. The van der Waals surface area contributed by atoms with Crippen LogP contribution in [0.5, 0.6) is 11.5 Å². The van der Waals surface area contributed by atoms with Gasteiger partial charge in [-0.25, -0.2) is 0 Å². The highest BCUT2D eigenvalue weighted by Crippen LogP contribution is 2.36. The first-order valence-corrected chi connectivity index (χ1v) is 6.39. The molecule has 0 amide bonds. The summed E-state index contributed by atoms with van der Waals surface area (Å²) in [6, 6.07) is 3.76. The zero-order valence-corrected chi connectivity index (χ0v) is 11.9. The van der Waals surface area contributed by atoms with E-state index in [9.17, 15) is 0 Å². The summed E-state index contributed by atoms with van der Waals surface area (Å²) in [5.74, 6) is 1.21. The second kappa shape index (κ2) is 8.01. The summed E-state index contributed by atoms with van der Waals surface area (Å²) in [5.41, 5.74) is 0.996. The van der Waals surface area contributed by atoms with Crippen molar-refractivity contribution in [3.8, 4) is 11.5 Å². The number of hydrogen-bond acceptors (Lipinski definition) is 3. The molecule has 0 heterocycles. The van der Waals surface area contributed by atoms with Gasteiger partial charge in [-0.1, -0.05) is 30.7 Å². The van der Waals surface area contributed by atoms with E-state index in [0.717, 1.165) is 25.1 Å². The van der Waals surface area contributed by atoms with Crippen LogP contribution in [-0.4, -0.2) is 27.3 Å². The number of halogens is 1. The smallest absolute Gasteiger partial charge is 0.179 e. The lowest BCUT2D eigenvalue weighted by Crippen LogP contribution is -2.13. The molecule has 0 saturated heterocycles. The second-order valence-electron chi connectivity index (χ2n) is 3.84. The molecule has 1 aromatic rings. The summed E-state index contributed by atoms with van der Waals surface area (Å²) < 4.78 is 10.4. The van der Waals surface area contributed by atoms with Crippen molar-refractivity contribution in [1.29, 1.82) is 0 Å². The van der Waals surface area contributed by atoms with Crippen molar-refractivity contribution in [2.45, 2.75) is 13.3 Å². The fourth-order valence-corrected chi connectivity index (χ4v) is 1.89. The van der Waals surface area contributed by atoms with Crippen LogP contribution in [0.1, 0.15) is 18.9 Å². The molecule has 0 unspecified atom stereocenters. The van der Waals surface area contributed by atoms with E-state index >= 15 is 0 Å². The minimum absolute atomic E-state index is 0.554. The van der Waals surface area contributed by atoms with E-state index in [1.807, 2.05) is 18.2 Å². The molecule has 4 heteroatoms. The topological polar surface area (TPSA) is 30.5 Å². The maximum atomic E-state index is 6.12. The molecule has 0 aliphatic carbocycles. The number of nitrogens with one attached hydrogen (secondary N) is 1. The summed E-state index contributed by atoms with van der Waals surface area (Å²) in [6.07, 6.45) is 5.21. The highest BCUT2D eigenvalue weighted by atomic mass is 35.5. The Morgan fingerprint density at radius 2 is 2.06 bits per heavy atom. The third-order valence-electron chi connectivity index (χ3n) is 2.46. The Morgan fingerprint density at radius 1 is 1.28 bits per heavy atom. The molecular formula is C14H20ClNO2. The van der Waals surface area contributed by atoms with Crippen molar-refractivity contribution in [3.05, 3.63) is 28.8 Å². The molecule has 3 nitrogen and oxygen atoms in total. The lowest BCUT2D eigenvalue weighted by Gasteiger charge is -2.10. The van der Waals surface area contributed by atoms with Gasteiger partial charge in [0, 0.05) is 6.54 Å². The number of rotatable bonds is 7. The normalized spacial score (nSPS) is 10.9. The van der Waals surface area contributed by atoms with Crippen molar-refractivity contribution in [1.82, 2.24) is 5.32 Å². The first-order valence-electron chi connectivity index (χ1n) is 6.01. The Bertz CT molecular complexity index is 405. The number of ether oxygens (including phenoxy) is 2. The third-order valence-corrected chi connectivity index (χ3v) is 2.74. The van der Waals surface area contributed by atoms with Crippen molar-refractivity contribution in [2.24, 2.45) is 0 Å². The van der Waals surface area contributed by atoms with Crippen LogP contribution in [0.3, 0.4) is 0 Å². The molecule has 0 radical (unpaired) electrons. The molecule has 0 spiro atoms. The molecule has 0 fully saturated rings. The monoisotopic (exact) mass is 269 g/mol. The van der Waals surface area contributed by atoms with Crippen LogP contribution in [0.15, 0.2) is 18.2 Å². The quantitative estimate of drug-likeness (QED) is 0.770. The number of methoxy groups -OCH3 is 2. The van der Waals surface area contributed by atoms with Gasteiger partial charge in [0.05, 0.1) is 19.2 Å².